The van der Waals surface area contributed by atoms with Gasteiger partial charge in [-0.3, -0.25) is 0 Å². The zero-order valence-electron chi connectivity index (χ0n) is 9.78. The molecule has 1 unspecified atom stereocenters. The minimum absolute atomic E-state index is 0.218. The lowest BCUT2D eigenvalue weighted by Crippen LogP contribution is -2.17. The Morgan fingerprint density at radius 3 is 2.81 bits per heavy atom. The number of nitrogens with zero attached hydrogens (tertiary/aromatic N) is 1. The summed E-state index contributed by atoms with van der Waals surface area (Å²) in [7, 11) is 0. The Morgan fingerprint density at radius 2 is 2.25 bits per heavy atom. The number of aryl methyl sites for hydroxylation is 2. The molecule has 0 saturated heterocycles. The summed E-state index contributed by atoms with van der Waals surface area (Å²) < 4.78 is 5.56. The van der Waals surface area contributed by atoms with Crippen LogP contribution in [0.25, 0.3) is 0 Å². The molecule has 1 N–H and O–H groups in total. The van der Waals surface area contributed by atoms with E-state index in [4.69, 9.17) is 4.42 Å². The predicted molar refractivity (Wildman–Crippen MR) is 65.6 cm³/mol. The number of nitrogens with one attached hydrogen (secondary N) is 1. The van der Waals surface area contributed by atoms with Crippen LogP contribution in [0.5, 0.6) is 0 Å². The SMILES string of the molecule is Cc1ccc(C(C)NCc2csc(C)n2)o1. The Bertz CT molecular complexity index is 461. The monoisotopic (exact) mass is 236 g/mol. The standard InChI is InChI=1S/C12H16N2OS/c1-8-4-5-12(15-8)9(2)13-6-11-7-16-10(3)14-11/h4-5,7,9,13H,6H2,1-3H3. The lowest BCUT2D eigenvalue weighted by atomic mass is 10.2. The van der Waals surface area contributed by atoms with Crippen molar-refractivity contribution in [1.29, 1.82) is 0 Å². The van der Waals surface area contributed by atoms with Crippen LogP contribution < -0.4 is 5.32 Å². The van der Waals surface area contributed by atoms with E-state index in [1.807, 2.05) is 26.0 Å². The largest absolute Gasteiger partial charge is 0.465 e. The Hall–Kier alpha value is -1.13. The van der Waals surface area contributed by atoms with Gasteiger partial charge in [-0.25, -0.2) is 4.98 Å². The molecule has 0 aliphatic heterocycles. The molecular formula is C12H16N2OS. The summed E-state index contributed by atoms with van der Waals surface area (Å²) in [4.78, 5) is 4.41. The summed E-state index contributed by atoms with van der Waals surface area (Å²) in [6, 6.07) is 4.22. The van der Waals surface area contributed by atoms with Gasteiger partial charge in [0, 0.05) is 11.9 Å². The Balaban J connectivity index is 1.91. The fraction of sp³-hybridized carbons (Fsp3) is 0.417. The van der Waals surface area contributed by atoms with E-state index in [1.54, 1.807) is 11.3 Å². The quantitative estimate of drug-likeness (QED) is 0.885. The number of aromatic nitrogens is 1. The number of thiazole rings is 1. The van der Waals surface area contributed by atoms with Crippen LogP contribution in [0.2, 0.25) is 0 Å². The van der Waals surface area contributed by atoms with E-state index >= 15 is 0 Å². The molecule has 0 fully saturated rings. The molecule has 4 heteroatoms. The molecule has 0 bridgehead atoms. The molecule has 3 nitrogen and oxygen atoms in total. The Morgan fingerprint density at radius 1 is 1.44 bits per heavy atom. The van der Waals surface area contributed by atoms with E-state index in [-0.39, 0.29) is 6.04 Å². The second-order valence-electron chi connectivity index (χ2n) is 3.91. The summed E-state index contributed by atoms with van der Waals surface area (Å²) in [6.45, 7) is 6.86. The van der Waals surface area contributed by atoms with E-state index in [9.17, 15) is 0 Å². The smallest absolute Gasteiger partial charge is 0.120 e. The van der Waals surface area contributed by atoms with Crippen molar-refractivity contribution in [1.82, 2.24) is 10.3 Å². The first kappa shape index (κ1) is 11.4. The lowest BCUT2D eigenvalue weighted by Gasteiger charge is -2.09. The van der Waals surface area contributed by atoms with Gasteiger partial charge >= 0.3 is 0 Å². The number of rotatable bonds is 4. The summed E-state index contributed by atoms with van der Waals surface area (Å²) in [5.74, 6) is 1.93. The average Bonchev–Trinajstić information content (AvgIpc) is 2.84. The van der Waals surface area contributed by atoms with E-state index in [0.717, 1.165) is 28.8 Å². The van der Waals surface area contributed by atoms with Gasteiger partial charge in [-0.1, -0.05) is 0 Å². The highest BCUT2D eigenvalue weighted by molar-refractivity contribution is 7.09. The van der Waals surface area contributed by atoms with E-state index in [0.29, 0.717) is 0 Å². The molecule has 86 valence electrons. The van der Waals surface area contributed by atoms with Crippen molar-refractivity contribution in [3.05, 3.63) is 39.7 Å². The molecule has 0 radical (unpaired) electrons. The molecule has 0 aliphatic rings. The molecule has 2 aromatic heterocycles. The van der Waals surface area contributed by atoms with Gasteiger partial charge < -0.3 is 9.73 Å². The zero-order valence-corrected chi connectivity index (χ0v) is 10.6. The molecule has 2 rings (SSSR count). The third-order valence-corrected chi connectivity index (χ3v) is 3.27. The second-order valence-corrected chi connectivity index (χ2v) is 4.97. The van der Waals surface area contributed by atoms with E-state index in [1.165, 1.54) is 0 Å². The second kappa shape index (κ2) is 4.80. The molecule has 0 saturated carbocycles. The number of hydrogen-bond acceptors (Lipinski definition) is 4. The van der Waals surface area contributed by atoms with Crippen molar-refractivity contribution < 1.29 is 4.42 Å². The number of hydrogen-bond donors (Lipinski definition) is 1. The predicted octanol–water partition coefficient (Wildman–Crippen LogP) is 3.20. The van der Waals surface area contributed by atoms with Crippen LogP contribution in [0.1, 0.15) is 35.2 Å². The first-order valence-corrected chi connectivity index (χ1v) is 6.24. The zero-order chi connectivity index (χ0) is 11.5. The Kier molecular flexibility index (Phi) is 3.41. The third kappa shape index (κ3) is 2.71. The molecule has 16 heavy (non-hydrogen) atoms. The van der Waals surface area contributed by atoms with E-state index < -0.39 is 0 Å². The highest BCUT2D eigenvalue weighted by Gasteiger charge is 2.09. The van der Waals surface area contributed by atoms with Crippen LogP contribution in [0.15, 0.2) is 21.9 Å². The average molecular weight is 236 g/mol. The van der Waals surface area contributed by atoms with Gasteiger partial charge in [0.05, 0.1) is 16.7 Å². The van der Waals surface area contributed by atoms with Crippen molar-refractivity contribution in [2.45, 2.75) is 33.4 Å². The van der Waals surface area contributed by atoms with E-state index in [2.05, 4.69) is 22.6 Å². The minimum atomic E-state index is 0.218. The summed E-state index contributed by atoms with van der Waals surface area (Å²) in [6.07, 6.45) is 0. The maximum atomic E-state index is 5.56. The van der Waals surface area contributed by atoms with Crippen LogP contribution >= 0.6 is 11.3 Å². The highest BCUT2D eigenvalue weighted by Crippen LogP contribution is 2.16. The van der Waals surface area contributed by atoms with Gasteiger partial charge in [-0.05, 0) is 32.9 Å². The maximum Gasteiger partial charge on any atom is 0.120 e. The summed E-state index contributed by atoms with van der Waals surface area (Å²) >= 11 is 1.68. The van der Waals surface area contributed by atoms with Crippen LogP contribution in [-0.2, 0) is 6.54 Å². The first-order chi connectivity index (χ1) is 7.65. The topological polar surface area (TPSA) is 38.1 Å². The van der Waals surface area contributed by atoms with Gasteiger partial charge in [0.15, 0.2) is 0 Å². The van der Waals surface area contributed by atoms with Crippen molar-refractivity contribution in [3.63, 3.8) is 0 Å². The summed E-state index contributed by atoms with van der Waals surface area (Å²) in [5.41, 5.74) is 1.10. The van der Waals surface area contributed by atoms with Crippen LogP contribution in [0.4, 0.5) is 0 Å². The van der Waals surface area contributed by atoms with Gasteiger partial charge in [0.2, 0.25) is 0 Å². The van der Waals surface area contributed by atoms with Crippen molar-refractivity contribution >= 4 is 11.3 Å². The van der Waals surface area contributed by atoms with Crippen molar-refractivity contribution in [2.24, 2.45) is 0 Å². The maximum absolute atomic E-state index is 5.56. The summed E-state index contributed by atoms with van der Waals surface area (Å²) in [5, 5.41) is 6.59. The molecule has 0 spiro atoms. The van der Waals surface area contributed by atoms with Crippen molar-refractivity contribution in [3.8, 4) is 0 Å². The molecular weight excluding hydrogens is 220 g/mol. The van der Waals surface area contributed by atoms with Crippen LogP contribution in [0, 0.1) is 13.8 Å². The van der Waals surface area contributed by atoms with Gasteiger partial charge in [-0.15, -0.1) is 11.3 Å². The highest BCUT2D eigenvalue weighted by atomic mass is 32.1. The van der Waals surface area contributed by atoms with Crippen LogP contribution in [0.3, 0.4) is 0 Å². The van der Waals surface area contributed by atoms with Gasteiger partial charge in [0.25, 0.3) is 0 Å². The van der Waals surface area contributed by atoms with Gasteiger partial charge in [0.1, 0.15) is 11.5 Å². The normalized spacial score (nSPS) is 12.9. The minimum Gasteiger partial charge on any atom is -0.465 e. The molecule has 0 aromatic carbocycles. The van der Waals surface area contributed by atoms with Crippen LogP contribution in [-0.4, -0.2) is 4.98 Å². The molecule has 2 heterocycles. The molecule has 0 amide bonds. The van der Waals surface area contributed by atoms with Crippen molar-refractivity contribution in [2.75, 3.05) is 0 Å². The lowest BCUT2D eigenvalue weighted by molar-refractivity contribution is 0.415. The molecule has 1 atom stereocenters. The first-order valence-electron chi connectivity index (χ1n) is 5.36. The fourth-order valence-electron chi connectivity index (χ4n) is 1.53. The third-order valence-electron chi connectivity index (χ3n) is 2.44. The molecule has 2 aromatic rings. The molecule has 0 aliphatic carbocycles. The fourth-order valence-corrected chi connectivity index (χ4v) is 2.15. The Labute approximate surface area is 99.5 Å². The van der Waals surface area contributed by atoms with Gasteiger partial charge in [-0.2, -0.15) is 0 Å². The number of furan rings is 1.